The van der Waals surface area contributed by atoms with Gasteiger partial charge in [0.25, 0.3) is 0 Å². The third-order valence-electron chi connectivity index (χ3n) is 2.96. The van der Waals surface area contributed by atoms with Crippen LogP contribution in [-0.2, 0) is 19.6 Å². The fraction of sp³-hybridized carbons (Fsp3) is 0.357. The first-order valence-corrected chi connectivity index (χ1v) is 7.38. The molecule has 0 atom stereocenters. The molecule has 0 bridgehead atoms. The number of hydrogen-bond donors (Lipinski definition) is 2. The fourth-order valence-electron chi connectivity index (χ4n) is 2.05. The Morgan fingerprint density at radius 1 is 1.29 bits per heavy atom. The second-order valence-electron chi connectivity index (χ2n) is 4.45. The molecule has 5 nitrogen and oxygen atoms in total. The molecule has 3 N–H and O–H groups in total. The average molecular weight is 330 g/mol. The molecule has 0 aliphatic carbocycles. The molecule has 1 aromatic carbocycles. The maximum absolute atomic E-state index is 9.59. The first-order valence-electron chi connectivity index (χ1n) is 6.62. The Bertz CT molecular complexity index is 609. The molecule has 0 fully saturated rings. The summed E-state index contributed by atoms with van der Waals surface area (Å²) in [6.45, 7) is 2.73. The number of rotatable bonds is 6. The van der Waals surface area contributed by atoms with Gasteiger partial charge in [-0.15, -0.1) is 0 Å². The van der Waals surface area contributed by atoms with Crippen LogP contribution in [-0.4, -0.2) is 21.4 Å². The number of halogens is 2. The van der Waals surface area contributed by atoms with E-state index in [1.165, 1.54) is 0 Å². The molecule has 0 spiro atoms. The van der Waals surface area contributed by atoms with Crippen molar-refractivity contribution in [3.63, 3.8) is 0 Å². The van der Waals surface area contributed by atoms with E-state index >= 15 is 0 Å². The van der Waals surface area contributed by atoms with Crippen molar-refractivity contribution in [2.45, 2.75) is 26.5 Å². The number of aliphatic hydroxyl groups is 1. The van der Waals surface area contributed by atoms with Crippen molar-refractivity contribution in [1.29, 1.82) is 0 Å². The van der Waals surface area contributed by atoms with Gasteiger partial charge in [-0.25, -0.2) is 0 Å². The molecule has 0 saturated carbocycles. The molecule has 2 rings (SSSR count). The van der Waals surface area contributed by atoms with E-state index in [4.69, 9.17) is 33.7 Å². The van der Waals surface area contributed by atoms with Crippen molar-refractivity contribution in [2.75, 3.05) is 6.54 Å². The molecule has 2 aromatic rings. The minimum atomic E-state index is -0.184. The summed E-state index contributed by atoms with van der Waals surface area (Å²) in [4.78, 5) is 0. The van der Waals surface area contributed by atoms with Crippen molar-refractivity contribution in [3.8, 4) is 11.5 Å². The largest absolute Gasteiger partial charge is 0.453 e. The molecule has 1 aromatic heterocycles. The summed E-state index contributed by atoms with van der Waals surface area (Å²) in [5, 5.41) is 15.0. The van der Waals surface area contributed by atoms with Crippen LogP contribution in [0.25, 0.3) is 0 Å². The predicted molar refractivity (Wildman–Crippen MR) is 83.1 cm³/mol. The third-order valence-corrected chi connectivity index (χ3v) is 3.40. The van der Waals surface area contributed by atoms with E-state index in [0.717, 1.165) is 5.69 Å². The lowest BCUT2D eigenvalue weighted by Crippen LogP contribution is -2.13. The van der Waals surface area contributed by atoms with Crippen molar-refractivity contribution in [3.05, 3.63) is 39.6 Å². The van der Waals surface area contributed by atoms with Gasteiger partial charge < -0.3 is 15.6 Å². The zero-order chi connectivity index (χ0) is 15.4. The number of aryl methyl sites for hydroxylation is 1. The van der Waals surface area contributed by atoms with Gasteiger partial charge in [0, 0.05) is 16.6 Å². The first-order chi connectivity index (χ1) is 10.1. The number of benzene rings is 1. The molecule has 21 heavy (non-hydrogen) atoms. The molecular formula is C14H17Cl2N3O2. The second-order valence-corrected chi connectivity index (χ2v) is 5.33. The SMILES string of the molecule is CCc1nn(CCN)c(CO)c1Oc1cc(Cl)cc(Cl)c1. The predicted octanol–water partition coefficient (Wildman–Crippen LogP) is 3.00. The van der Waals surface area contributed by atoms with Gasteiger partial charge in [0.05, 0.1) is 13.2 Å². The van der Waals surface area contributed by atoms with E-state index in [-0.39, 0.29) is 6.61 Å². The molecule has 1 heterocycles. The lowest BCUT2D eigenvalue weighted by atomic mass is 10.2. The Hall–Kier alpha value is -1.27. The highest BCUT2D eigenvalue weighted by Gasteiger charge is 2.18. The quantitative estimate of drug-likeness (QED) is 0.854. The van der Waals surface area contributed by atoms with Crippen LogP contribution in [0.1, 0.15) is 18.3 Å². The van der Waals surface area contributed by atoms with E-state index in [0.29, 0.717) is 46.7 Å². The van der Waals surface area contributed by atoms with Crippen LogP contribution < -0.4 is 10.5 Å². The molecule has 114 valence electrons. The summed E-state index contributed by atoms with van der Waals surface area (Å²) in [6.07, 6.45) is 0.675. The number of aromatic nitrogens is 2. The Kier molecular flexibility index (Phi) is 5.47. The maximum Gasteiger partial charge on any atom is 0.174 e. The molecule has 0 radical (unpaired) electrons. The second kappa shape index (κ2) is 7.13. The fourth-order valence-corrected chi connectivity index (χ4v) is 2.56. The lowest BCUT2D eigenvalue weighted by molar-refractivity contribution is 0.262. The van der Waals surface area contributed by atoms with Crippen LogP contribution in [0.4, 0.5) is 0 Å². The van der Waals surface area contributed by atoms with Gasteiger partial charge in [0.1, 0.15) is 17.1 Å². The highest BCUT2D eigenvalue weighted by Crippen LogP contribution is 2.33. The van der Waals surface area contributed by atoms with E-state index in [1.807, 2.05) is 6.92 Å². The molecule has 0 saturated heterocycles. The van der Waals surface area contributed by atoms with Gasteiger partial charge in [-0.3, -0.25) is 4.68 Å². The number of nitrogens with zero attached hydrogens (tertiary/aromatic N) is 2. The molecule has 0 aliphatic rings. The minimum absolute atomic E-state index is 0.184. The summed E-state index contributed by atoms with van der Waals surface area (Å²) < 4.78 is 7.53. The molecule has 0 amide bonds. The number of aliphatic hydroxyl groups excluding tert-OH is 1. The van der Waals surface area contributed by atoms with Crippen LogP contribution in [0, 0.1) is 0 Å². The van der Waals surface area contributed by atoms with E-state index in [1.54, 1.807) is 22.9 Å². The van der Waals surface area contributed by atoms with Crippen molar-refractivity contribution in [1.82, 2.24) is 9.78 Å². The Morgan fingerprint density at radius 2 is 1.95 bits per heavy atom. The Balaban J connectivity index is 2.41. The molecule has 7 heteroatoms. The zero-order valence-electron chi connectivity index (χ0n) is 11.6. The van der Waals surface area contributed by atoms with Crippen LogP contribution in [0.3, 0.4) is 0 Å². The third kappa shape index (κ3) is 3.68. The van der Waals surface area contributed by atoms with Gasteiger partial charge in [-0.05, 0) is 24.6 Å². The molecular weight excluding hydrogens is 313 g/mol. The minimum Gasteiger partial charge on any atom is -0.453 e. The zero-order valence-corrected chi connectivity index (χ0v) is 13.2. The summed E-state index contributed by atoms with van der Waals surface area (Å²) in [5.74, 6) is 1.04. The number of nitrogens with two attached hydrogens (primary N) is 1. The monoisotopic (exact) mass is 329 g/mol. The van der Waals surface area contributed by atoms with Crippen LogP contribution >= 0.6 is 23.2 Å². The Morgan fingerprint density at radius 3 is 2.48 bits per heavy atom. The van der Waals surface area contributed by atoms with Crippen LogP contribution in [0.5, 0.6) is 11.5 Å². The molecule has 0 aliphatic heterocycles. The normalized spacial score (nSPS) is 10.9. The highest BCUT2D eigenvalue weighted by molar-refractivity contribution is 6.34. The van der Waals surface area contributed by atoms with E-state index in [9.17, 15) is 5.11 Å². The van der Waals surface area contributed by atoms with Crippen molar-refractivity contribution < 1.29 is 9.84 Å². The van der Waals surface area contributed by atoms with Crippen LogP contribution in [0.2, 0.25) is 10.0 Å². The standard InChI is InChI=1S/C14H17Cl2N3O2/c1-2-12-14(13(8-20)19(18-12)4-3-17)21-11-6-9(15)5-10(16)7-11/h5-7,20H,2-4,8,17H2,1H3. The van der Waals surface area contributed by atoms with Gasteiger partial charge in [0.2, 0.25) is 0 Å². The first kappa shape index (κ1) is 16.1. The van der Waals surface area contributed by atoms with Crippen molar-refractivity contribution >= 4 is 23.2 Å². The summed E-state index contributed by atoms with van der Waals surface area (Å²) >= 11 is 11.9. The smallest absolute Gasteiger partial charge is 0.174 e. The van der Waals surface area contributed by atoms with Crippen molar-refractivity contribution in [2.24, 2.45) is 5.73 Å². The van der Waals surface area contributed by atoms with Gasteiger partial charge in [-0.2, -0.15) is 5.10 Å². The highest BCUT2D eigenvalue weighted by atomic mass is 35.5. The average Bonchev–Trinajstić information content (AvgIpc) is 2.75. The molecule has 0 unspecified atom stereocenters. The summed E-state index contributed by atoms with van der Waals surface area (Å²) in [7, 11) is 0. The maximum atomic E-state index is 9.59. The van der Waals surface area contributed by atoms with Crippen LogP contribution in [0.15, 0.2) is 18.2 Å². The van der Waals surface area contributed by atoms with E-state index in [2.05, 4.69) is 5.10 Å². The van der Waals surface area contributed by atoms with Gasteiger partial charge >= 0.3 is 0 Å². The summed E-state index contributed by atoms with van der Waals surface area (Å²) in [6, 6.07) is 4.95. The topological polar surface area (TPSA) is 73.3 Å². The summed E-state index contributed by atoms with van der Waals surface area (Å²) in [5.41, 5.74) is 6.90. The lowest BCUT2D eigenvalue weighted by Gasteiger charge is -2.09. The number of ether oxygens (including phenoxy) is 1. The Labute approximate surface area is 133 Å². The van der Waals surface area contributed by atoms with Gasteiger partial charge in [0.15, 0.2) is 5.75 Å². The number of hydrogen-bond acceptors (Lipinski definition) is 4. The van der Waals surface area contributed by atoms with Gasteiger partial charge in [-0.1, -0.05) is 30.1 Å². The van der Waals surface area contributed by atoms with E-state index < -0.39 is 0 Å².